The van der Waals surface area contributed by atoms with Gasteiger partial charge in [-0.3, -0.25) is 14.6 Å². The predicted molar refractivity (Wildman–Crippen MR) is 162 cm³/mol. The molecule has 13 heteroatoms. The summed E-state index contributed by atoms with van der Waals surface area (Å²) >= 11 is 0. The van der Waals surface area contributed by atoms with Crippen molar-refractivity contribution in [2.75, 3.05) is 39.4 Å². The number of aliphatic hydroxyl groups excluding tert-OH is 1. The highest BCUT2D eigenvalue weighted by molar-refractivity contribution is 6.48. The first-order chi connectivity index (χ1) is 21.7. The highest BCUT2D eigenvalue weighted by Gasteiger charge is 2.43. The summed E-state index contributed by atoms with van der Waals surface area (Å²) in [5.74, 6) is -0.647. The number of rotatable bonds is 8. The highest BCUT2D eigenvalue weighted by Crippen LogP contribution is 2.34. The molecule has 2 aliphatic rings. The SMILES string of the molecule is O=C(/C(=N/OC(=O)N1CCCN2CCCN=C21)C(F)(F)F)c1ccc2c(c1)c1cc(OCCO)ccc1n2Cc1ccccc1. The van der Waals surface area contributed by atoms with Crippen molar-refractivity contribution in [2.24, 2.45) is 10.1 Å². The molecule has 4 aromatic rings. The van der Waals surface area contributed by atoms with Gasteiger partial charge in [0.1, 0.15) is 12.4 Å². The number of ketones is 1. The van der Waals surface area contributed by atoms with Crippen molar-refractivity contribution in [1.82, 2.24) is 14.4 Å². The van der Waals surface area contributed by atoms with Crippen LogP contribution in [-0.4, -0.2) is 88.6 Å². The maximum atomic E-state index is 14.2. The van der Waals surface area contributed by atoms with Crippen LogP contribution in [-0.2, 0) is 11.4 Å². The standard InChI is InChI=1S/C32H30F3N5O5/c33-32(34,35)29(37-45-31(43)39-15-5-14-38-13-4-12-36-30(38)39)28(42)22-8-10-26-24(18-22)25-19-23(44-17-16-41)9-11-27(25)40(26)20-21-6-2-1-3-7-21/h1-3,6-11,18-19,41H,4-5,12-17,20H2/b37-29-. The van der Waals surface area contributed by atoms with Gasteiger partial charge in [-0.15, -0.1) is 0 Å². The fourth-order valence-electron chi connectivity index (χ4n) is 5.71. The molecule has 0 bridgehead atoms. The minimum atomic E-state index is -5.20. The number of guanidine groups is 1. The molecular formula is C32H30F3N5O5. The monoisotopic (exact) mass is 621 g/mol. The van der Waals surface area contributed by atoms with Gasteiger partial charge in [0.2, 0.25) is 17.5 Å². The molecule has 0 unspecified atom stereocenters. The van der Waals surface area contributed by atoms with Gasteiger partial charge in [0, 0.05) is 60.1 Å². The van der Waals surface area contributed by atoms with E-state index in [2.05, 4.69) is 10.1 Å². The summed E-state index contributed by atoms with van der Waals surface area (Å²) in [7, 11) is 0. The predicted octanol–water partition coefficient (Wildman–Crippen LogP) is 5.22. The summed E-state index contributed by atoms with van der Waals surface area (Å²) in [6, 6.07) is 19.2. The van der Waals surface area contributed by atoms with E-state index in [-0.39, 0.29) is 25.3 Å². The van der Waals surface area contributed by atoms with E-state index in [1.54, 1.807) is 18.2 Å². The van der Waals surface area contributed by atoms with Gasteiger partial charge < -0.3 is 19.3 Å². The quantitative estimate of drug-likeness (QED) is 0.125. The van der Waals surface area contributed by atoms with E-state index < -0.39 is 23.8 Å². The number of oxime groups is 1. The Balaban J connectivity index is 1.36. The lowest BCUT2D eigenvalue weighted by atomic mass is 10.0. The Labute approximate surface area is 255 Å². The first kappa shape index (κ1) is 30.1. The van der Waals surface area contributed by atoms with Crippen LogP contribution >= 0.6 is 0 Å². The molecule has 0 aliphatic carbocycles. The van der Waals surface area contributed by atoms with Crippen molar-refractivity contribution in [1.29, 1.82) is 0 Å². The normalized spacial score (nSPS) is 15.6. The first-order valence-corrected chi connectivity index (χ1v) is 14.6. The molecule has 1 amide bonds. The van der Waals surface area contributed by atoms with Crippen molar-refractivity contribution >= 4 is 45.4 Å². The zero-order chi connectivity index (χ0) is 31.6. The van der Waals surface area contributed by atoms with Gasteiger partial charge in [-0.2, -0.15) is 13.2 Å². The number of benzene rings is 3. The van der Waals surface area contributed by atoms with Crippen molar-refractivity contribution in [3.8, 4) is 5.75 Å². The molecule has 2 aliphatic heterocycles. The van der Waals surface area contributed by atoms with Gasteiger partial charge in [0.15, 0.2) is 0 Å². The van der Waals surface area contributed by atoms with Crippen LogP contribution < -0.4 is 4.74 Å². The number of aromatic nitrogens is 1. The number of nitrogens with zero attached hydrogens (tertiary/aromatic N) is 5. The number of aliphatic hydroxyl groups is 1. The molecular weight excluding hydrogens is 591 g/mol. The average molecular weight is 622 g/mol. The van der Waals surface area contributed by atoms with Crippen LogP contribution in [0.5, 0.6) is 5.75 Å². The zero-order valence-corrected chi connectivity index (χ0v) is 24.2. The Hall–Kier alpha value is -4.91. The van der Waals surface area contributed by atoms with Gasteiger partial charge in [-0.25, -0.2) is 9.69 Å². The van der Waals surface area contributed by atoms with E-state index in [0.29, 0.717) is 60.6 Å². The maximum absolute atomic E-state index is 14.2. The van der Waals surface area contributed by atoms with E-state index in [0.717, 1.165) is 22.4 Å². The van der Waals surface area contributed by atoms with E-state index in [1.165, 1.54) is 12.1 Å². The molecule has 0 spiro atoms. The molecule has 3 aromatic carbocycles. The summed E-state index contributed by atoms with van der Waals surface area (Å²) < 4.78 is 50.1. The number of aliphatic imine (C=N–C) groups is 1. The number of ether oxygens (including phenoxy) is 1. The molecule has 10 nitrogen and oxygen atoms in total. The largest absolute Gasteiger partial charge is 0.491 e. The molecule has 1 fully saturated rings. The molecule has 0 saturated carbocycles. The summed E-state index contributed by atoms with van der Waals surface area (Å²) in [5.41, 5.74) is 0.325. The Morgan fingerprint density at radius 3 is 2.42 bits per heavy atom. The molecule has 6 rings (SSSR count). The Morgan fingerprint density at radius 2 is 1.67 bits per heavy atom. The lowest BCUT2D eigenvalue weighted by molar-refractivity contribution is -0.0605. The Bertz CT molecular complexity index is 1800. The highest BCUT2D eigenvalue weighted by atomic mass is 19.4. The van der Waals surface area contributed by atoms with Crippen LogP contribution in [0, 0.1) is 0 Å². The Kier molecular flexibility index (Phi) is 8.44. The van der Waals surface area contributed by atoms with Gasteiger partial charge in [-0.05, 0) is 54.8 Å². The second-order valence-electron chi connectivity index (χ2n) is 10.7. The summed E-state index contributed by atoms with van der Waals surface area (Å²) in [6.07, 6.45) is -4.93. The number of carbonyl (C=O) groups excluding carboxylic acids is 2. The summed E-state index contributed by atoms with van der Waals surface area (Å²) in [6.45, 7) is 2.40. The zero-order valence-electron chi connectivity index (χ0n) is 24.2. The van der Waals surface area contributed by atoms with E-state index in [1.807, 2.05) is 45.9 Å². The molecule has 1 N–H and O–H groups in total. The fraction of sp³-hybridized carbons (Fsp3) is 0.312. The van der Waals surface area contributed by atoms with Crippen molar-refractivity contribution in [2.45, 2.75) is 25.6 Å². The third-order valence-corrected chi connectivity index (χ3v) is 7.73. The molecule has 1 saturated heterocycles. The van der Waals surface area contributed by atoms with Gasteiger partial charge in [0.05, 0.1) is 6.61 Å². The number of alkyl halides is 3. The number of halogens is 3. The molecule has 1 aromatic heterocycles. The maximum Gasteiger partial charge on any atom is 0.442 e. The number of hydrogen-bond acceptors (Lipinski definition) is 8. The Morgan fingerprint density at radius 1 is 0.933 bits per heavy atom. The third-order valence-electron chi connectivity index (χ3n) is 7.73. The van der Waals surface area contributed by atoms with E-state index in [4.69, 9.17) is 9.57 Å². The molecule has 234 valence electrons. The summed E-state index contributed by atoms with van der Waals surface area (Å²) in [5, 5.41) is 13.4. The fourth-order valence-corrected chi connectivity index (χ4v) is 5.71. The number of hydrogen-bond donors (Lipinski definition) is 1. The molecule has 45 heavy (non-hydrogen) atoms. The molecule has 3 heterocycles. The van der Waals surface area contributed by atoms with Crippen LogP contribution in [0.1, 0.15) is 28.8 Å². The number of fused-ring (bicyclic) bond motifs is 4. The second kappa shape index (κ2) is 12.6. The van der Waals surface area contributed by atoms with Crippen LogP contribution in [0.25, 0.3) is 21.8 Å². The van der Waals surface area contributed by atoms with E-state index >= 15 is 0 Å². The van der Waals surface area contributed by atoms with Gasteiger partial charge >= 0.3 is 12.3 Å². The summed E-state index contributed by atoms with van der Waals surface area (Å²) in [4.78, 5) is 38.2. The number of amides is 1. The number of Topliss-reactive ketones (excluding diaryl/α,β-unsaturated/α-hetero) is 1. The first-order valence-electron chi connectivity index (χ1n) is 14.6. The van der Waals surface area contributed by atoms with Crippen molar-refractivity contribution in [3.05, 3.63) is 77.9 Å². The van der Waals surface area contributed by atoms with Crippen molar-refractivity contribution in [3.63, 3.8) is 0 Å². The third kappa shape index (κ3) is 6.21. The van der Waals surface area contributed by atoms with Gasteiger partial charge in [-0.1, -0.05) is 35.5 Å². The molecule has 0 atom stereocenters. The number of carbonyl (C=O) groups is 2. The van der Waals surface area contributed by atoms with Crippen LogP contribution in [0.3, 0.4) is 0 Å². The topological polar surface area (TPSA) is 109 Å². The van der Waals surface area contributed by atoms with Crippen molar-refractivity contribution < 1.29 is 37.4 Å². The average Bonchev–Trinajstić information content (AvgIpc) is 3.35. The smallest absolute Gasteiger partial charge is 0.442 e. The second-order valence-corrected chi connectivity index (χ2v) is 10.7. The lowest BCUT2D eigenvalue weighted by Gasteiger charge is -2.38. The van der Waals surface area contributed by atoms with Gasteiger partial charge in [0.25, 0.3) is 0 Å². The van der Waals surface area contributed by atoms with E-state index in [9.17, 15) is 27.9 Å². The minimum Gasteiger partial charge on any atom is -0.491 e. The van der Waals surface area contributed by atoms with Crippen LogP contribution in [0.15, 0.2) is 76.9 Å². The molecule has 0 radical (unpaired) electrons. The lowest BCUT2D eigenvalue weighted by Crippen LogP contribution is -2.54. The van der Waals surface area contributed by atoms with Crippen LogP contribution in [0.4, 0.5) is 18.0 Å². The minimum absolute atomic E-state index is 0.0604. The van der Waals surface area contributed by atoms with Crippen LogP contribution in [0.2, 0.25) is 0 Å².